The Morgan fingerprint density at radius 3 is 2.70 bits per heavy atom. The second-order valence-corrected chi connectivity index (χ2v) is 8.97. The van der Waals surface area contributed by atoms with Crippen molar-refractivity contribution in [2.45, 2.75) is 44.2 Å². The molecule has 3 aliphatic rings. The zero-order chi connectivity index (χ0) is 20.5. The molecule has 0 spiro atoms. The van der Waals surface area contributed by atoms with E-state index in [2.05, 4.69) is 50.1 Å². The molecule has 3 fully saturated rings. The third kappa shape index (κ3) is 3.69. The van der Waals surface area contributed by atoms with Crippen LogP contribution in [0.25, 0.3) is 0 Å². The summed E-state index contributed by atoms with van der Waals surface area (Å²) in [6, 6.07) is 12.2. The molecular weight excluding hydrogens is 376 g/mol. The van der Waals surface area contributed by atoms with E-state index in [-0.39, 0.29) is 5.69 Å². The van der Waals surface area contributed by atoms with Crippen molar-refractivity contribution in [3.05, 3.63) is 54.0 Å². The van der Waals surface area contributed by atoms with Crippen molar-refractivity contribution in [3.63, 3.8) is 0 Å². The SMILES string of the molecule is COC(=O)c1cnc(N2C[C@H]3C[C@@H](C2)[C@H](Cc2ccccc2)N2CCCC[C@@H]32)cn1. The molecule has 3 aliphatic heterocycles. The number of benzene rings is 1. The number of hydrogen-bond acceptors (Lipinski definition) is 6. The van der Waals surface area contributed by atoms with E-state index in [1.165, 1.54) is 44.9 Å². The predicted molar refractivity (Wildman–Crippen MR) is 115 cm³/mol. The van der Waals surface area contributed by atoms with Crippen molar-refractivity contribution in [1.29, 1.82) is 0 Å². The Morgan fingerprint density at radius 1 is 1.10 bits per heavy atom. The van der Waals surface area contributed by atoms with E-state index < -0.39 is 5.97 Å². The molecule has 1 aromatic carbocycles. The Bertz CT molecular complexity index is 873. The van der Waals surface area contributed by atoms with Crippen LogP contribution in [0.3, 0.4) is 0 Å². The molecule has 0 saturated carbocycles. The number of carbonyl (C=O) groups excluding carboxylic acids is 1. The number of nitrogens with zero attached hydrogens (tertiary/aromatic N) is 4. The summed E-state index contributed by atoms with van der Waals surface area (Å²) in [6.07, 6.45) is 9.68. The summed E-state index contributed by atoms with van der Waals surface area (Å²) >= 11 is 0. The molecule has 0 N–H and O–H groups in total. The molecule has 30 heavy (non-hydrogen) atoms. The fraction of sp³-hybridized carbons (Fsp3) is 0.542. The van der Waals surface area contributed by atoms with Crippen LogP contribution in [0.4, 0.5) is 5.82 Å². The normalized spacial score (nSPS) is 28.6. The van der Waals surface area contributed by atoms with E-state index in [0.29, 0.717) is 23.9 Å². The molecule has 4 atom stereocenters. The first-order valence-corrected chi connectivity index (χ1v) is 11.2. The van der Waals surface area contributed by atoms with Crippen LogP contribution in [0.1, 0.15) is 41.7 Å². The van der Waals surface area contributed by atoms with Crippen molar-refractivity contribution in [2.75, 3.05) is 31.6 Å². The Morgan fingerprint density at radius 2 is 1.93 bits per heavy atom. The second-order valence-electron chi connectivity index (χ2n) is 8.97. The Labute approximate surface area is 178 Å². The molecule has 158 valence electrons. The summed E-state index contributed by atoms with van der Waals surface area (Å²) < 4.78 is 4.75. The minimum atomic E-state index is -0.440. The Kier molecular flexibility index (Phi) is 5.42. The number of ether oxygens (including phenoxy) is 1. The average molecular weight is 407 g/mol. The maximum atomic E-state index is 11.7. The Balaban J connectivity index is 1.39. The van der Waals surface area contributed by atoms with Gasteiger partial charge in [-0.05, 0) is 49.6 Å². The highest BCUT2D eigenvalue weighted by Gasteiger charge is 2.47. The lowest BCUT2D eigenvalue weighted by atomic mass is 9.71. The van der Waals surface area contributed by atoms with Crippen molar-refractivity contribution < 1.29 is 9.53 Å². The zero-order valence-corrected chi connectivity index (χ0v) is 17.6. The highest BCUT2D eigenvalue weighted by atomic mass is 16.5. The number of carbonyl (C=O) groups is 1. The standard InChI is InChI=1S/C24H30N4O2/c1-30-24(29)20-13-26-23(14-25-20)27-15-18-12-19(16-27)22(11-17-7-3-2-4-8-17)28-10-6-5-9-21(18)28/h2-4,7-8,13-14,18-19,21-22H,5-6,9-12,15-16H2,1H3/t18-,19+,21+,22+/m1/s1. The van der Waals surface area contributed by atoms with Crippen molar-refractivity contribution in [1.82, 2.24) is 14.9 Å². The Hall–Kier alpha value is -2.47. The number of fused-ring (bicyclic) bond motifs is 4. The summed E-state index contributed by atoms with van der Waals surface area (Å²) in [6.45, 7) is 3.27. The van der Waals surface area contributed by atoms with Gasteiger partial charge in [-0.2, -0.15) is 0 Å². The summed E-state index contributed by atoms with van der Waals surface area (Å²) in [7, 11) is 1.37. The number of anilines is 1. The van der Waals surface area contributed by atoms with Gasteiger partial charge in [-0.3, -0.25) is 4.90 Å². The van der Waals surface area contributed by atoms with Crippen molar-refractivity contribution in [3.8, 4) is 0 Å². The smallest absolute Gasteiger partial charge is 0.358 e. The number of aromatic nitrogens is 2. The minimum Gasteiger partial charge on any atom is -0.464 e. The van der Waals surface area contributed by atoms with Gasteiger partial charge in [0.1, 0.15) is 5.82 Å². The monoisotopic (exact) mass is 406 g/mol. The van der Waals surface area contributed by atoms with Crippen LogP contribution >= 0.6 is 0 Å². The molecule has 2 bridgehead atoms. The van der Waals surface area contributed by atoms with Crippen LogP contribution in [0.15, 0.2) is 42.7 Å². The molecular formula is C24H30N4O2. The molecule has 6 heteroatoms. The van der Waals surface area contributed by atoms with E-state index in [4.69, 9.17) is 4.74 Å². The largest absolute Gasteiger partial charge is 0.464 e. The minimum absolute atomic E-state index is 0.263. The highest BCUT2D eigenvalue weighted by molar-refractivity contribution is 5.86. The van der Waals surface area contributed by atoms with Crippen LogP contribution < -0.4 is 4.90 Å². The molecule has 0 radical (unpaired) electrons. The predicted octanol–water partition coefficient (Wildman–Crippen LogP) is 3.19. The quantitative estimate of drug-likeness (QED) is 0.727. The van der Waals surface area contributed by atoms with E-state index >= 15 is 0 Å². The lowest BCUT2D eigenvalue weighted by Gasteiger charge is -2.57. The lowest BCUT2D eigenvalue weighted by Crippen LogP contribution is -2.64. The van der Waals surface area contributed by atoms with Crippen LogP contribution in [-0.4, -0.2) is 59.7 Å². The second kappa shape index (κ2) is 8.34. The van der Waals surface area contributed by atoms with Gasteiger partial charge in [-0.25, -0.2) is 14.8 Å². The number of piperidine rings is 3. The first-order valence-electron chi connectivity index (χ1n) is 11.2. The van der Waals surface area contributed by atoms with Gasteiger partial charge < -0.3 is 9.64 Å². The third-order valence-corrected chi connectivity index (χ3v) is 7.27. The maximum Gasteiger partial charge on any atom is 0.358 e. The van der Waals surface area contributed by atoms with Crippen LogP contribution in [0.5, 0.6) is 0 Å². The van der Waals surface area contributed by atoms with E-state index in [1.807, 2.05) is 0 Å². The van der Waals surface area contributed by atoms with Gasteiger partial charge in [0, 0.05) is 25.2 Å². The first kappa shape index (κ1) is 19.5. The fourth-order valence-electron chi connectivity index (χ4n) is 5.93. The highest BCUT2D eigenvalue weighted by Crippen LogP contribution is 2.42. The van der Waals surface area contributed by atoms with Crippen LogP contribution in [0, 0.1) is 11.8 Å². The van der Waals surface area contributed by atoms with Gasteiger partial charge in [0.25, 0.3) is 0 Å². The van der Waals surface area contributed by atoms with Gasteiger partial charge in [-0.1, -0.05) is 36.8 Å². The number of rotatable bonds is 4. The molecule has 3 saturated heterocycles. The molecule has 2 aromatic rings. The molecule has 0 unspecified atom stereocenters. The molecule has 0 aliphatic carbocycles. The summed E-state index contributed by atoms with van der Waals surface area (Å²) in [5.74, 6) is 1.74. The molecule has 6 nitrogen and oxygen atoms in total. The van der Waals surface area contributed by atoms with Crippen LogP contribution in [0.2, 0.25) is 0 Å². The molecule has 4 heterocycles. The topological polar surface area (TPSA) is 58.6 Å². The number of hydrogen-bond donors (Lipinski definition) is 0. The molecule has 1 aromatic heterocycles. The van der Waals surface area contributed by atoms with Crippen LogP contribution in [-0.2, 0) is 11.2 Å². The van der Waals surface area contributed by atoms with Gasteiger partial charge in [-0.15, -0.1) is 0 Å². The van der Waals surface area contributed by atoms with Gasteiger partial charge in [0.05, 0.1) is 19.5 Å². The van der Waals surface area contributed by atoms with Crippen molar-refractivity contribution in [2.24, 2.45) is 11.8 Å². The third-order valence-electron chi connectivity index (χ3n) is 7.27. The number of methoxy groups -OCH3 is 1. The van der Waals surface area contributed by atoms with E-state index in [1.54, 1.807) is 12.4 Å². The van der Waals surface area contributed by atoms with Crippen molar-refractivity contribution >= 4 is 11.8 Å². The molecule has 0 amide bonds. The number of esters is 1. The summed E-state index contributed by atoms with van der Waals surface area (Å²) in [5, 5.41) is 0. The molecule has 5 rings (SSSR count). The van der Waals surface area contributed by atoms with E-state index in [0.717, 1.165) is 25.3 Å². The summed E-state index contributed by atoms with van der Waals surface area (Å²) in [5.41, 5.74) is 1.70. The zero-order valence-electron chi connectivity index (χ0n) is 17.6. The maximum absolute atomic E-state index is 11.7. The van der Waals surface area contributed by atoms with Gasteiger partial charge >= 0.3 is 5.97 Å². The summed E-state index contributed by atoms with van der Waals surface area (Å²) in [4.78, 5) is 25.8. The van der Waals surface area contributed by atoms with Gasteiger partial charge in [0.15, 0.2) is 5.69 Å². The first-order chi connectivity index (χ1) is 14.7. The van der Waals surface area contributed by atoms with E-state index in [9.17, 15) is 4.79 Å². The fourth-order valence-corrected chi connectivity index (χ4v) is 5.93. The van der Waals surface area contributed by atoms with Gasteiger partial charge in [0.2, 0.25) is 0 Å². The lowest BCUT2D eigenvalue weighted by molar-refractivity contribution is -0.0318. The average Bonchev–Trinajstić information content (AvgIpc) is 2.82.